The number of nitrogens with zero attached hydrogens (tertiary/aromatic N) is 3. The molecule has 1 aliphatic rings. The molecule has 2 heterocycles. The van der Waals surface area contributed by atoms with Crippen LogP contribution in [0.2, 0.25) is 0 Å². The van der Waals surface area contributed by atoms with E-state index in [2.05, 4.69) is 20.5 Å². The fourth-order valence-corrected chi connectivity index (χ4v) is 4.16. The Bertz CT molecular complexity index is 1090. The van der Waals surface area contributed by atoms with Crippen LogP contribution in [0.15, 0.2) is 53.5 Å². The predicted molar refractivity (Wildman–Crippen MR) is 123 cm³/mol. The zero-order valence-electron chi connectivity index (χ0n) is 17.9. The number of ether oxygens (including phenoxy) is 1. The van der Waals surface area contributed by atoms with Gasteiger partial charge in [0, 0.05) is 48.3 Å². The first-order chi connectivity index (χ1) is 15.0. The first-order valence-corrected chi connectivity index (χ1v) is 10.6. The van der Waals surface area contributed by atoms with Gasteiger partial charge in [0.25, 0.3) is 0 Å². The summed E-state index contributed by atoms with van der Waals surface area (Å²) in [5, 5.41) is 0.997. The van der Waals surface area contributed by atoms with E-state index < -0.39 is 0 Å². The highest BCUT2D eigenvalue weighted by Crippen LogP contribution is 2.28. The van der Waals surface area contributed by atoms with Crippen LogP contribution in [0.1, 0.15) is 27.2 Å². The summed E-state index contributed by atoms with van der Waals surface area (Å²) in [6, 6.07) is 15.6. The Labute approximate surface area is 182 Å². The van der Waals surface area contributed by atoms with E-state index in [1.54, 1.807) is 0 Å². The smallest absolute Gasteiger partial charge is 0.195 e. The second-order valence-electron chi connectivity index (χ2n) is 7.85. The molecule has 0 bridgehead atoms. The van der Waals surface area contributed by atoms with Crippen molar-refractivity contribution in [2.45, 2.75) is 20.0 Å². The summed E-state index contributed by atoms with van der Waals surface area (Å²) in [5.41, 5.74) is 15.3. The minimum atomic E-state index is 0.0345. The third kappa shape index (κ3) is 4.62. The summed E-state index contributed by atoms with van der Waals surface area (Å²) < 4.78 is 7.72. The first kappa shape index (κ1) is 21.1. The molecule has 3 aromatic rings. The molecule has 162 valence electrons. The van der Waals surface area contributed by atoms with E-state index in [9.17, 15) is 4.79 Å². The number of nitrogens with two attached hydrogens (primary N) is 2. The van der Waals surface area contributed by atoms with Crippen molar-refractivity contribution in [3.63, 3.8) is 0 Å². The van der Waals surface area contributed by atoms with E-state index >= 15 is 0 Å². The number of aromatic nitrogens is 1. The number of morpholine rings is 1. The monoisotopic (exact) mass is 419 g/mol. The van der Waals surface area contributed by atoms with Gasteiger partial charge in [0.15, 0.2) is 11.7 Å². The molecule has 0 atom stereocenters. The first-order valence-electron chi connectivity index (χ1n) is 10.6. The van der Waals surface area contributed by atoms with Crippen molar-refractivity contribution in [3.8, 4) is 0 Å². The van der Waals surface area contributed by atoms with Crippen LogP contribution in [0.3, 0.4) is 0 Å². The zero-order chi connectivity index (χ0) is 21.8. The summed E-state index contributed by atoms with van der Waals surface area (Å²) in [6.07, 6.45) is 0. The normalized spacial score (nSPS) is 14.6. The van der Waals surface area contributed by atoms with Crippen LogP contribution in [0, 0.1) is 6.92 Å². The number of carbonyl (C=O) groups is 1. The van der Waals surface area contributed by atoms with Gasteiger partial charge in [-0.25, -0.2) is 4.99 Å². The molecule has 1 aromatic heterocycles. The van der Waals surface area contributed by atoms with Gasteiger partial charge in [-0.05, 0) is 18.6 Å². The lowest BCUT2D eigenvalue weighted by molar-refractivity contribution is 0.0365. The Morgan fingerprint density at radius 1 is 1.03 bits per heavy atom. The van der Waals surface area contributed by atoms with Crippen LogP contribution in [-0.2, 0) is 17.8 Å². The van der Waals surface area contributed by atoms with Crippen LogP contribution in [-0.4, -0.2) is 54.1 Å². The number of ketones is 1. The maximum Gasteiger partial charge on any atom is 0.195 e. The number of rotatable bonds is 7. The molecule has 2 aromatic carbocycles. The van der Waals surface area contributed by atoms with Crippen molar-refractivity contribution >= 4 is 22.6 Å². The minimum absolute atomic E-state index is 0.0345. The second kappa shape index (κ2) is 9.32. The molecule has 7 nitrogen and oxygen atoms in total. The van der Waals surface area contributed by atoms with Crippen molar-refractivity contribution in [1.82, 2.24) is 9.47 Å². The molecule has 0 unspecified atom stereocenters. The Kier molecular flexibility index (Phi) is 6.34. The number of hydrogen-bond acceptors (Lipinski definition) is 4. The molecule has 4 rings (SSSR count). The standard InChI is InChI=1S/C24H29N5O2/c1-17-22(23(30)19-8-6-18(7-9-19)16-27-24(25)26)20-4-2-3-5-21(20)29(17)11-10-28-12-14-31-15-13-28/h2-9H,10-16H2,1H3,(H4,25,26,27). The van der Waals surface area contributed by atoms with Gasteiger partial charge < -0.3 is 20.8 Å². The van der Waals surface area contributed by atoms with Crippen molar-refractivity contribution in [1.29, 1.82) is 0 Å². The largest absolute Gasteiger partial charge is 0.379 e. The van der Waals surface area contributed by atoms with Crippen LogP contribution in [0.5, 0.6) is 0 Å². The molecule has 31 heavy (non-hydrogen) atoms. The average Bonchev–Trinajstić information content (AvgIpc) is 3.08. The number of fused-ring (bicyclic) bond motifs is 1. The molecule has 1 saturated heterocycles. The molecular formula is C24H29N5O2. The summed E-state index contributed by atoms with van der Waals surface area (Å²) >= 11 is 0. The van der Waals surface area contributed by atoms with E-state index in [4.69, 9.17) is 16.2 Å². The van der Waals surface area contributed by atoms with Gasteiger partial charge in [-0.3, -0.25) is 9.69 Å². The molecule has 0 amide bonds. The van der Waals surface area contributed by atoms with Crippen molar-refractivity contribution in [2.24, 2.45) is 16.5 Å². The number of carbonyl (C=O) groups excluding carboxylic acids is 1. The van der Waals surface area contributed by atoms with Gasteiger partial charge in [0.05, 0.1) is 25.3 Å². The Morgan fingerprint density at radius 2 is 1.74 bits per heavy atom. The lowest BCUT2D eigenvalue weighted by Crippen LogP contribution is -2.38. The summed E-state index contributed by atoms with van der Waals surface area (Å²) in [7, 11) is 0. The molecule has 7 heteroatoms. The van der Waals surface area contributed by atoms with Gasteiger partial charge in [0.1, 0.15) is 0 Å². The molecule has 0 radical (unpaired) electrons. The van der Waals surface area contributed by atoms with Crippen LogP contribution in [0.4, 0.5) is 0 Å². The maximum atomic E-state index is 13.5. The van der Waals surface area contributed by atoms with E-state index in [1.807, 2.05) is 49.4 Å². The molecule has 0 saturated carbocycles. The number of guanidine groups is 1. The van der Waals surface area contributed by atoms with Gasteiger partial charge >= 0.3 is 0 Å². The molecule has 4 N–H and O–H groups in total. The maximum absolute atomic E-state index is 13.5. The molecular weight excluding hydrogens is 390 g/mol. The van der Waals surface area contributed by atoms with E-state index in [0.717, 1.165) is 67.1 Å². The number of aliphatic imine (C=N–C) groups is 1. The number of para-hydroxylation sites is 1. The highest BCUT2D eigenvalue weighted by atomic mass is 16.5. The van der Waals surface area contributed by atoms with Gasteiger partial charge in [-0.15, -0.1) is 0 Å². The lowest BCUT2D eigenvalue weighted by Gasteiger charge is -2.27. The zero-order valence-corrected chi connectivity index (χ0v) is 17.9. The van der Waals surface area contributed by atoms with E-state index in [-0.39, 0.29) is 11.7 Å². The fourth-order valence-electron chi connectivity index (χ4n) is 4.16. The summed E-state index contributed by atoms with van der Waals surface area (Å²) in [5.74, 6) is 0.0906. The van der Waals surface area contributed by atoms with E-state index in [0.29, 0.717) is 12.1 Å². The molecule has 1 fully saturated rings. The van der Waals surface area contributed by atoms with Crippen LogP contribution in [0.25, 0.3) is 10.9 Å². The quantitative estimate of drug-likeness (QED) is 0.348. The molecule has 0 aliphatic carbocycles. The van der Waals surface area contributed by atoms with Crippen LogP contribution < -0.4 is 11.5 Å². The third-order valence-corrected chi connectivity index (χ3v) is 5.86. The predicted octanol–water partition coefficient (Wildman–Crippen LogP) is 2.29. The highest BCUT2D eigenvalue weighted by molar-refractivity contribution is 6.17. The van der Waals surface area contributed by atoms with Gasteiger partial charge in [-0.2, -0.15) is 0 Å². The summed E-state index contributed by atoms with van der Waals surface area (Å²) in [4.78, 5) is 19.9. The molecule has 0 spiro atoms. The summed E-state index contributed by atoms with van der Waals surface area (Å²) in [6.45, 7) is 7.71. The number of hydrogen-bond donors (Lipinski definition) is 2. The molecule has 1 aliphatic heterocycles. The van der Waals surface area contributed by atoms with E-state index in [1.165, 1.54) is 0 Å². The lowest BCUT2D eigenvalue weighted by atomic mass is 9.99. The Balaban J connectivity index is 1.61. The van der Waals surface area contributed by atoms with Gasteiger partial charge in [-0.1, -0.05) is 42.5 Å². The fraction of sp³-hybridized carbons (Fsp3) is 0.333. The van der Waals surface area contributed by atoms with Crippen LogP contribution >= 0.6 is 0 Å². The highest BCUT2D eigenvalue weighted by Gasteiger charge is 2.21. The number of benzene rings is 2. The van der Waals surface area contributed by atoms with Crippen molar-refractivity contribution in [3.05, 3.63) is 70.9 Å². The second-order valence-corrected chi connectivity index (χ2v) is 7.85. The van der Waals surface area contributed by atoms with Crippen molar-refractivity contribution in [2.75, 3.05) is 32.8 Å². The third-order valence-electron chi connectivity index (χ3n) is 5.86. The minimum Gasteiger partial charge on any atom is -0.379 e. The average molecular weight is 420 g/mol. The topological polar surface area (TPSA) is 98.9 Å². The SMILES string of the molecule is Cc1c(C(=O)c2ccc(CN=C(N)N)cc2)c2ccccc2n1CCN1CCOCC1. The Hall–Kier alpha value is -3.16. The Morgan fingerprint density at radius 3 is 2.45 bits per heavy atom. The van der Waals surface area contributed by atoms with Gasteiger partial charge in [0.2, 0.25) is 0 Å². The van der Waals surface area contributed by atoms with Crippen molar-refractivity contribution < 1.29 is 9.53 Å².